The molecule has 2 N–H and O–H groups in total. The summed E-state index contributed by atoms with van der Waals surface area (Å²) in [5, 5.41) is 11.9. The third-order valence-corrected chi connectivity index (χ3v) is 4.53. The van der Waals surface area contributed by atoms with Crippen LogP contribution < -0.4 is 11.0 Å². The molecule has 1 amide bonds. The Labute approximate surface area is 132 Å². The molecule has 0 spiro atoms. The number of aliphatic carboxylic acids is 1. The van der Waals surface area contributed by atoms with Gasteiger partial charge in [-0.15, -0.1) is 0 Å². The molecule has 7 nitrogen and oxygen atoms in total. The lowest BCUT2D eigenvalue weighted by atomic mass is 10.0. The van der Waals surface area contributed by atoms with Gasteiger partial charge in [-0.25, -0.2) is 4.79 Å². The van der Waals surface area contributed by atoms with Crippen LogP contribution in [0.5, 0.6) is 0 Å². The Hall–Kier alpha value is -2.57. The number of carboxylic acids is 1. The zero-order chi connectivity index (χ0) is 16.6. The number of rotatable bonds is 4. The first-order valence-corrected chi connectivity index (χ1v) is 7.65. The predicted octanol–water partition coefficient (Wildman–Crippen LogP) is 0.710. The molecule has 23 heavy (non-hydrogen) atoms. The van der Waals surface area contributed by atoms with Crippen molar-refractivity contribution in [1.29, 1.82) is 0 Å². The van der Waals surface area contributed by atoms with Crippen LogP contribution in [0.3, 0.4) is 0 Å². The van der Waals surface area contributed by atoms with E-state index in [0.29, 0.717) is 18.4 Å². The van der Waals surface area contributed by atoms with Gasteiger partial charge in [-0.1, -0.05) is 18.6 Å². The normalized spacial score (nSPS) is 20.7. The van der Waals surface area contributed by atoms with Gasteiger partial charge in [0.15, 0.2) is 0 Å². The topological polar surface area (TPSA) is 93.3 Å². The highest BCUT2D eigenvalue weighted by molar-refractivity contribution is 5.81. The van der Waals surface area contributed by atoms with Gasteiger partial charge in [0.1, 0.15) is 6.54 Å². The minimum absolute atomic E-state index is 0.108. The van der Waals surface area contributed by atoms with Crippen LogP contribution in [0, 0.1) is 5.92 Å². The maximum atomic E-state index is 12.3. The van der Waals surface area contributed by atoms with Crippen molar-refractivity contribution in [2.75, 3.05) is 0 Å². The number of hydrogen-bond donors (Lipinski definition) is 2. The average molecular weight is 317 g/mol. The molecule has 1 saturated carbocycles. The molecule has 1 aliphatic rings. The summed E-state index contributed by atoms with van der Waals surface area (Å²) < 4.78 is 2.91. The molecule has 1 aromatic carbocycles. The first kappa shape index (κ1) is 15.3. The maximum Gasteiger partial charge on any atom is 0.329 e. The minimum atomic E-state index is -0.880. The molecule has 0 bridgehead atoms. The Bertz CT molecular complexity index is 820. The minimum Gasteiger partial charge on any atom is -0.481 e. The van der Waals surface area contributed by atoms with Crippen LogP contribution in [-0.4, -0.2) is 32.2 Å². The molecule has 1 fully saturated rings. The number of para-hydroxylation sites is 2. The van der Waals surface area contributed by atoms with Crippen LogP contribution >= 0.6 is 0 Å². The van der Waals surface area contributed by atoms with E-state index in [0.717, 1.165) is 11.9 Å². The lowest BCUT2D eigenvalue weighted by Gasteiger charge is -2.17. The highest BCUT2D eigenvalue weighted by atomic mass is 16.4. The van der Waals surface area contributed by atoms with E-state index >= 15 is 0 Å². The van der Waals surface area contributed by atoms with Crippen LogP contribution in [-0.2, 0) is 23.2 Å². The van der Waals surface area contributed by atoms with E-state index in [1.807, 2.05) is 18.2 Å². The van der Waals surface area contributed by atoms with Crippen molar-refractivity contribution >= 4 is 22.9 Å². The summed E-state index contributed by atoms with van der Waals surface area (Å²) in [5.41, 5.74) is 1.19. The molecule has 2 aromatic rings. The Morgan fingerprint density at radius 1 is 1.26 bits per heavy atom. The predicted molar refractivity (Wildman–Crippen MR) is 84.1 cm³/mol. The van der Waals surface area contributed by atoms with Gasteiger partial charge in [0.05, 0.1) is 17.0 Å². The van der Waals surface area contributed by atoms with E-state index in [1.54, 1.807) is 13.1 Å². The number of imidazole rings is 1. The van der Waals surface area contributed by atoms with Crippen molar-refractivity contribution in [2.24, 2.45) is 13.0 Å². The van der Waals surface area contributed by atoms with Gasteiger partial charge >= 0.3 is 11.7 Å². The van der Waals surface area contributed by atoms with Crippen LogP contribution in [0.15, 0.2) is 29.1 Å². The molecular formula is C16H19N3O4. The lowest BCUT2D eigenvalue weighted by Crippen LogP contribution is -2.42. The number of benzene rings is 1. The molecule has 0 saturated heterocycles. The molecule has 1 heterocycles. The molecular weight excluding hydrogens is 298 g/mol. The fraction of sp³-hybridized carbons (Fsp3) is 0.438. The fourth-order valence-corrected chi connectivity index (χ4v) is 3.34. The summed E-state index contributed by atoms with van der Waals surface area (Å²) in [7, 11) is 1.66. The van der Waals surface area contributed by atoms with Gasteiger partial charge in [-0.2, -0.15) is 0 Å². The molecule has 1 aliphatic carbocycles. The first-order valence-electron chi connectivity index (χ1n) is 7.65. The molecule has 1 aromatic heterocycles. The maximum absolute atomic E-state index is 12.3. The van der Waals surface area contributed by atoms with Crippen molar-refractivity contribution in [2.45, 2.75) is 31.8 Å². The van der Waals surface area contributed by atoms with Gasteiger partial charge in [0.2, 0.25) is 5.91 Å². The van der Waals surface area contributed by atoms with Crippen molar-refractivity contribution in [3.05, 3.63) is 34.7 Å². The average Bonchev–Trinajstić information content (AvgIpc) is 3.07. The fourth-order valence-electron chi connectivity index (χ4n) is 3.34. The number of amides is 1. The van der Waals surface area contributed by atoms with Crippen LogP contribution in [0.4, 0.5) is 0 Å². The summed E-state index contributed by atoms with van der Waals surface area (Å²) in [4.78, 5) is 35.7. The quantitative estimate of drug-likeness (QED) is 0.868. The molecule has 122 valence electrons. The van der Waals surface area contributed by atoms with Crippen molar-refractivity contribution in [1.82, 2.24) is 14.5 Å². The number of carbonyl (C=O) groups excluding carboxylic acids is 1. The highest BCUT2D eigenvalue weighted by Gasteiger charge is 2.33. The number of aromatic nitrogens is 2. The van der Waals surface area contributed by atoms with Crippen molar-refractivity contribution < 1.29 is 14.7 Å². The number of aryl methyl sites for hydroxylation is 1. The van der Waals surface area contributed by atoms with E-state index < -0.39 is 11.9 Å². The van der Waals surface area contributed by atoms with E-state index in [4.69, 9.17) is 5.11 Å². The summed E-state index contributed by atoms with van der Waals surface area (Å²) in [6, 6.07) is 6.91. The largest absolute Gasteiger partial charge is 0.481 e. The third-order valence-electron chi connectivity index (χ3n) is 4.53. The Kier molecular flexibility index (Phi) is 3.94. The van der Waals surface area contributed by atoms with Crippen LogP contribution in [0.25, 0.3) is 11.0 Å². The molecule has 0 radical (unpaired) electrons. The number of carbonyl (C=O) groups is 2. The standard InChI is InChI=1S/C16H19N3O4/c1-18-12-7-2-3-8-13(12)19(16(18)23)9-14(20)17-11-6-4-5-10(11)15(21)22/h2-3,7-8,10-11H,4-6,9H2,1H3,(H,17,20)(H,21,22)/t10-,11+/m0/s1. The monoisotopic (exact) mass is 317 g/mol. The van der Waals surface area contributed by atoms with Crippen molar-refractivity contribution in [3.63, 3.8) is 0 Å². The van der Waals surface area contributed by atoms with Gasteiger partial charge in [0.25, 0.3) is 0 Å². The molecule has 7 heteroatoms. The highest BCUT2D eigenvalue weighted by Crippen LogP contribution is 2.25. The number of hydrogen-bond acceptors (Lipinski definition) is 3. The van der Waals surface area contributed by atoms with Crippen molar-refractivity contribution in [3.8, 4) is 0 Å². The number of fused-ring (bicyclic) bond motifs is 1. The Morgan fingerprint density at radius 3 is 2.65 bits per heavy atom. The summed E-state index contributed by atoms with van der Waals surface area (Å²) in [6.45, 7) is -0.108. The molecule has 2 atom stereocenters. The zero-order valence-corrected chi connectivity index (χ0v) is 12.9. The third kappa shape index (κ3) is 2.74. The van der Waals surface area contributed by atoms with E-state index in [-0.39, 0.29) is 24.2 Å². The van der Waals surface area contributed by atoms with Crippen LogP contribution in [0.2, 0.25) is 0 Å². The smallest absolute Gasteiger partial charge is 0.329 e. The van der Waals surface area contributed by atoms with Gasteiger partial charge in [-0.3, -0.25) is 18.7 Å². The van der Waals surface area contributed by atoms with Crippen LogP contribution in [0.1, 0.15) is 19.3 Å². The molecule has 0 unspecified atom stereocenters. The Morgan fingerprint density at radius 2 is 1.96 bits per heavy atom. The van der Waals surface area contributed by atoms with E-state index in [2.05, 4.69) is 5.32 Å². The van der Waals surface area contributed by atoms with E-state index in [1.165, 1.54) is 9.13 Å². The zero-order valence-electron chi connectivity index (χ0n) is 12.9. The van der Waals surface area contributed by atoms with Gasteiger partial charge in [-0.05, 0) is 25.0 Å². The lowest BCUT2D eigenvalue weighted by molar-refractivity contribution is -0.142. The van der Waals surface area contributed by atoms with Gasteiger partial charge < -0.3 is 10.4 Å². The second-order valence-electron chi connectivity index (χ2n) is 5.97. The summed E-state index contributed by atoms with van der Waals surface area (Å²) >= 11 is 0. The number of nitrogens with zero attached hydrogens (tertiary/aromatic N) is 2. The summed E-state index contributed by atoms with van der Waals surface area (Å²) in [5.74, 6) is -1.75. The number of carboxylic acid groups (broad SMARTS) is 1. The summed E-state index contributed by atoms with van der Waals surface area (Å²) in [6.07, 6.45) is 2.03. The molecule has 3 rings (SSSR count). The Balaban J connectivity index is 1.80. The first-order chi connectivity index (χ1) is 11.0. The number of nitrogens with one attached hydrogen (secondary N) is 1. The SMILES string of the molecule is Cn1c(=O)n(CC(=O)N[C@@H]2CCC[C@@H]2C(=O)O)c2ccccc21. The second kappa shape index (κ2) is 5.91. The van der Waals surface area contributed by atoms with Gasteiger partial charge in [0, 0.05) is 13.1 Å². The van der Waals surface area contributed by atoms with E-state index in [9.17, 15) is 14.4 Å². The second-order valence-corrected chi connectivity index (χ2v) is 5.97. The molecule has 0 aliphatic heterocycles.